The Morgan fingerprint density at radius 3 is 2.52 bits per heavy atom. The van der Waals surface area contributed by atoms with E-state index in [1.807, 2.05) is 54.7 Å². The van der Waals surface area contributed by atoms with Gasteiger partial charge in [0.1, 0.15) is 5.75 Å². The molecule has 0 spiro atoms. The van der Waals surface area contributed by atoms with Gasteiger partial charge < -0.3 is 5.11 Å². The van der Waals surface area contributed by atoms with Crippen molar-refractivity contribution in [2.45, 2.75) is 19.4 Å². The summed E-state index contributed by atoms with van der Waals surface area (Å²) in [5.74, 6) is 0.309. The van der Waals surface area contributed by atoms with Crippen LogP contribution in [0.15, 0.2) is 70.1 Å². The van der Waals surface area contributed by atoms with Crippen molar-refractivity contribution >= 4 is 32.9 Å². The fourth-order valence-corrected chi connectivity index (χ4v) is 3.01. The summed E-state index contributed by atoms with van der Waals surface area (Å²) in [4.78, 5) is 4.72. The number of aromatic hydroxyl groups is 1. The van der Waals surface area contributed by atoms with Gasteiger partial charge in [-0.1, -0.05) is 65.3 Å². The van der Waals surface area contributed by atoms with Crippen LogP contribution < -0.4 is 0 Å². The topological polar surface area (TPSA) is 32.6 Å². The summed E-state index contributed by atoms with van der Waals surface area (Å²) in [6.45, 7) is 2.09. The molecule has 0 bridgehead atoms. The zero-order valence-electron chi connectivity index (χ0n) is 12.9. The summed E-state index contributed by atoms with van der Waals surface area (Å²) in [5.41, 5.74) is 1.95. The molecule has 3 aromatic rings. The van der Waals surface area contributed by atoms with Crippen molar-refractivity contribution in [1.29, 1.82) is 0 Å². The van der Waals surface area contributed by atoms with Gasteiger partial charge in [0.2, 0.25) is 0 Å². The molecule has 0 aliphatic carbocycles. The van der Waals surface area contributed by atoms with E-state index in [9.17, 15) is 5.11 Å². The van der Waals surface area contributed by atoms with Gasteiger partial charge in [-0.25, -0.2) is 0 Å². The van der Waals surface area contributed by atoms with Crippen LogP contribution in [-0.4, -0.2) is 11.3 Å². The molecular weight excluding hydrogens is 350 g/mol. The van der Waals surface area contributed by atoms with Crippen molar-refractivity contribution in [3.05, 3.63) is 76.3 Å². The van der Waals surface area contributed by atoms with Crippen molar-refractivity contribution in [1.82, 2.24) is 0 Å². The van der Waals surface area contributed by atoms with E-state index in [4.69, 9.17) is 4.99 Å². The lowest BCUT2D eigenvalue weighted by Gasteiger charge is -2.15. The Morgan fingerprint density at radius 1 is 1.04 bits per heavy atom. The highest BCUT2D eigenvalue weighted by molar-refractivity contribution is 9.10. The number of phenols is 1. The van der Waals surface area contributed by atoms with Gasteiger partial charge in [0, 0.05) is 16.3 Å². The Labute approximate surface area is 144 Å². The molecule has 0 fully saturated rings. The Balaban J connectivity index is 2.01. The molecule has 3 rings (SSSR count). The molecule has 3 heteroatoms. The van der Waals surface area contributed by atoms with Gasteiger partial charge in [-0.15, -0.1) is 0 Å². The van der Waals surface area contributed by atoms with Crippen LogP contribution in [0.4, 0.5) is 0 Å². The first kappa shape index (κ1) is 15.8. The van der Waals surface area contributed by atoms with Gasteiger partial charge in [0.15, 0.2) is 0 Å². The van der Waals surface area contributed by atoms with E-state index in [0.29, 0.717) is 5.75 Å². The number of rotatable bonds is 4. The van der Waals surface area contributed by atoms with E-state index >= 15 is 0 Å². The lowest BCUT2D eigenvalue weighted by molar-refractivity contribution is 0.462. The number of benzene rings is 3. The molecule has 1 unspecified atom stereocenters. The predicted octanol–water partition coefficient (Wildman–Crippen LogP) is 5.88. The Hall–Kier alpha value is -2.13. The summed E-state index contributed by atoms with van der Waals surface area (Å²) in [6.07, 6.45) is 2.70. The Kier molecular flexibility index (Phi) is 4.77. The molecular formula is C20H18BrNO. The smallest absolute Gasteiger partial charge is 0.121 e. The van der Waals surface area contributed by atoms with Crippen molar-refractivity contribution in [2.75, 3.05) is 0 Å². The monoisotopic (exact) mass is 367 g/mol. The minimum atomic E-state index is -0.0650. The van der Waals surface area contributed by atoms with E-state index < -0.39 is 0 Å². The highest BCUT2D eigenvalue weighted by Gasteiger charge is 2.15. The van der Waals surface area contributed by atoms with Crippen LogP contribution in [0.5, 0.6) is 5.75 Å². The molecule has 0 aliphatic rings. The molecule has 0 saturated heterocycles. The second-order valence-corrected chi connectivity index (χ2v) is 6.39. The van der Waals surface area contributed by atoms with Crippen LogP contribution in [0.3, 0.4) is 0 Å². The lowest BCUT2D eigenvalue weighted by atomic mass is 9.96. The molecule has 0 aromatic heterocycles. The Morgan fingerprint density at radius 2 is 1.78 bits per heavy atom. The van der Waals surface area contributed by atoms with Gasteiger partial charge in [0.05, 0.1) is 6.04 Å². The maximum Gasteiger partial charge on any atom is 0.121 e. The van der Waals surface area contributed by atoms with Crippen LogP contribution in [0.1, 0.15) is 30.5 Å². The average Bonchev–Trinajstić information content (AvgIpc) is 2.58. The highest BCUT2D eigenvalue weighted by atomic mass is 79.9. The standard InChI is InChI=1S/C20H18BrNO/c1-2-18(22-13-14-7-10-16(21)11-8-14)20-17-6-4-3-5-15(17)9-12-19(20)23/h3-13,18,23H,2H2,1H3. The number of halogens is 1. The van der Waals surface area contributed by atoms with E-state index in [2.05, 4.69) is 28.9 Å². The van der Waals surface area contributed by atoms with Crippen LogP contribution in [0.2, 0.25) is 0 Å². The molecule has 0 radical (unpaired) electrons. The summed E-state index contributed by atoms with van der Waals surface area (Å²) in [6, 6.07) is 19.8. The fourth-order valence-electron chi connectivity index (χ4n) is 2.74. The summed E-state index contributed by atoms with van der Waals surface area (Å²) in [5, 5.41) is 12.5. The second kappa shape index (κ2) is 6.97. The number of hydrogen-bond donors (Lipinski definition) is 1. The van der Waals surface area contributed by atoms with Crippen molar-refractivity contribution < 1.29 is 5.11 Å². The predicted molar refractivity (Wildman–Crippen MR) is 100 cm³/mol. The van der Waals surface area contributed by atoms with Gasteiger partial charge in [-0.3, -0.25) is 4.99 Å². The van der Waals surface area contributed by atoms with Gasteiger partial charge in [0.25, 0.3) is 0 Å². The van der Waals surface area contributed by atoms with E-state index in [1.54, 1.807) is 6.07 Å². The van der Waals surface area contributed by atoms with E-state index in [-0.39, 0.29) is 6.04 Å². The fraction of sp³-hybridized carbons (Fsp3) is 0.150. The van der Waals surface area contributed by atoms with Crippen LogP contribution in [0, 0.1) is 0 Å². The lowest BCUT2D eigenvalue weighted by Crippen LogP contribution is -1.97. The maximum atomic E-state index is 10.4. The molecule has 116 valence electrons. The molecule has 0 amide bonds. The van der Waals surface area contributed by atoms with Crippen LogP contribution in [0.25, 0.3) is 10.8 Å². The zero-order chi connectivity index (χ0) is 16.2. The molecule has 23 heavy (non-hydrogen) atoms. The van der Waals surface area contributed by atoms with Gasteiger partial charge in [-0.05, 0) is 41.0 Å². The second-order valence-electron chi connectivity index (χ2n) is 5.47. The maximum absolute atomic E-state index is 10.4. The number of aliphatic imine (C=N–C) groups is 1. The first-order chi connectivity index (χ1) is 11.2. The highest BCUT2D eigenvalue weighted by Crippen LogP contribution is 2.35. The third-order valence-electron chi connectivity index (χ3n) is 3.94. The molecule has 2 nitrogen and oxygen atoms in total. The molecule has 0 saturated carbocycles. The molecule has 0 heterocycles. The zero-order valence-corrected chi connectivity index (χ0v) is 14.5. The third kappa shape index (κ3) is 3.45. The van der Waals surface area contributed by atoms with E-state index in [0.717, 1.165) is 32.8 Å². The van der Waals surface area contributed by atoms with Gasteiger partial charge in [-0.2, -0.15) is 0 Å². The number of nitrogens with zero attached hydrogens (tertiary/aromatic N) is 1. The normalized spacial score (nSPS) is 12.8. The first-order valence-corrected chi connectivity index (χ1v) is 8.47. The third-order valence-corrected chi connectivity index (χ3v) is 4.47. The Bertz CT molecular complexity index is 840. The summed E-state index contributed by atoms with van der Waals surface area (Å²) >= 11 is 3.43. The quantitative estimate of drug-likeness (QED) is 0.573. The largest absolute Gasteiger partial charge is 0.508 e. The van der Waals surface area contributed by atoms with Crippen LogP contribution >= 0.6 is 15.9 Å². The van der Waals surface area contributed by atoms with Crippen molar-refractivity contribution in [3.63, 3.8) is 0 Å². The molecule has 0 aliphatic heterocycles. The number of fused-ring (bicyclic) bond motifs is 1. The summed E-state index contributed by atoms with van der Waals surface area (Å²) in [7, 11) is 0. The molecule has 1 N–H and O–H groups in total. The summed E-state index contributed by atoms with van der Waals surface area (Å²) < 4.78 is 1.05. The number of hydrogen-bond acceptors (Lipinski definition) is 2. The minimum Gasteiger partial charge on any atom is -0.508 e. The van der Waals surface area contributed by atoms with Gasteiger partial charge >= 0.3 is 0 Å². The van der Waals surface area contributed by atoms with E-state index in [1.165, 1.54) is 0 Å². The first-order valence-electron chi connectivity index (χ1n) is 7.68. The van der Waals surface area contributed by atoms with Crippen molar-refractivity contribution in [2.24, 2.45) is 4.99 Å². The SMILES string of the molecule is CCC(N=Cc1ccc(Br)cc1)c1c(O)ccc2ccccc12. The van der Waals surface area contributed by atoms with Crippen molar-refractivity contribution in [3.8, 4) is 5.75 Å². The molecule has 3 aromatic carbocycles. The van der Waals surface area contributed by atoms with Crippen LogP contribution in [-0.2, 0) is 0 Å². The molecule has 1 atom stereocenters. The average molecular weight is 368 g/mol. The number of phenolic OH excluding ortho intramolecular Hbond substituents is 1. The minimum absolute atomic E-state index is 0.0650.